The van der Waals surface area contributed by atoms with Gasteiger partial charge in [0.05, 0.1) is 0 Å². The van der Waals surface area contributed by atoms with Crippen LogP contribution in [0.15, 0.2) is 29.8 Å². The van der Waals surface area contributed by atoms with Gasteiger partial charge in [-0.05, 0) is 31.2 Å². The number of Topliss-reactive ketones (excluding diaryl/α,β-unsaturated/α-hetero) is 1. The van der Waals surface area contributed by atoms with Crippen molar-refractivity contribution in [2.45, 2.75) is 6.92 Å². The number of aromatic hydroxyl groups is 1. The fraction of sp³-hybridized carbons (Fsp3) is 0.0909. The number of hydrogen-bond acceptors (Lipinski definition) is 3. The Hall–Kier alpha value is -1.90. The number of hydrogen-bond donors (Lipinski definition) is 1. The third-order valence-electron chi connectivity index (χ3n) is 2.22. The van der Waals surface area contributed by atoms with Crippen LogP contribution in [0.2, 0.25) is 0 Å². The molecule has 0 heterocycles. The summed E-state index contributed by atoms with van der Waals surface area (Å²) in [5, 5.41) is 9.20. The molecule has 0 aliphatic heterocycles. The number of rotatable bonds is 0. The maximum atomic E-state index is 11.6. The number of allylic oxidation sites excluding steroid dienone is 2. The highest BCUT2D eigenvalue weighted by Crippen LogP contribution is 2.24. The standard InChI is InChI=1S/C11H8O3/c1-6-4-10(13)8-3-2-7(12)5-9(8)11(6)14/h2-5,12H,1H3. The molecule has 0 fully saturated rings. The molecule has 0 atom stereocenters. The van der Waals surface area contributed by atoms with Crippen molar-refractivity contribution < 1.29 is 14.7 Å². The van der Waals surface area contributed by atoms with Crippen LogP contribution >= 0.6 is 0 Å². The smallest absolute Gasteiger partial charge is 0.189 e. The van der Waals surface area contributed by atoms with E-state index in [0.717, 1.165) is 0 Å². The van der Waals surface area contributed by atoms with Gasteiger partial charge in [0.25, 0.3) is 0 Å². The highest BCUT2D eigenvalue weighted by Gasteiger charge is 2.22. The molecule has 2 rings (SSSR count). The molecule has 0 radical (unpaired) electrons. The molecular weight excluding hydrogens is 180 g/mol. The molecular formula is C11H8O3. The third-order valence-corrected chi connectivity index (χ3v) is 2.22. The Morgan fingerprint density at radius 3 is 2.57 bits per heavy atom. The van der Waals surface area contributed by atoms with Gasteiger partial charge in [-0.3, -0.25) is 9.59 Å². The maximum absolute atomic E-state index is 11.6. The minimum Gasteiger partial charge on any atom is -0.508 e. The van der Waals surface area contributed by atoms with E-state index in [1.165, 1.54) is 24.3 Å². The first-order valence-electron chi connectivity index (χ1n) is 4.20. The van der Waals surface area contributed by atoms with Gasteiger partial charge in [-0.15, -0.1) is 0 Å². The molecule has 1 aromatic carbocycles. The summed E-state index contributed by atoms with van der Waals surface area (Å²) in [6, 6.07) is 4.19. The number of ketones is 2. The second-order valence-electron chi connectivity index (χ2n) is 3.25. The zero-order valence-corrected chi connectivity index (χ0v) is 7.57. The Morgan fingerprint density at radius 2 is 1.86 bits per heavy atom. The van der Waals surface area contributed by atoms with Crippen LogP contribution in [0, 0.1) is 0 Å². The van der Waals surface area contributed by atoms with Gasteiger partial charge in [-0.1, -0.05) is 0 Å². The number of fused-ring (bicyclic) bond motifs is 1. The molecule has 0 saturated heterocycles. The molecule has 1 aliphatic rings. The van der Waals surface area contributed by atoms with Gasteiger partial charge in [0.1, 0.15) is 5.75 Å². The summed E-state index contributed by atoms with van der Waals surface area (Å²) in [5.74, 6) is -0.382. The van der Waals surface area contributed by atoms with Crippen LogP contribution in [-0.4, -0.2) is 16.7 Å². The molecule has 1 aromatic rings. The van der Waals surface area contributed by atoms with E-state index >= 15 is 0 Å². The lowest BCUT2D eigenvalue weighted by Crippen LogP contribution is -2.15. The largest absolute Gasteiger partial charge is 0.508 e. The Morgan fingerprint density at radius 1 is 1.14 bits per heavy atom. The first-order valence-corrected chi connectivity index (χ1v) is 4.20. The highest BCUT2D eigenvalue weighted by molar-refractivity contribution is 6.24. The normalized spacial score (nSPS) is 15.1. The molecule has 70 valence electrons. The van der Waals surface area contributed by atoms with Gasteiger partial charge in [-0.2, -0.15) is 0 Å². The van der Waals surface area contributed by atoms with Crippen molar-refractivity contribution in [1.29, 1.82) is 0 Å². The fourth-order valence-electron chi connectivity index (χ4n) is 1.49. The number of phenols is 1. The molecule has 3 nitrogen and oxygen atoms in total. The number of carbonyl (C=O) groups is 2. The molecule has 3 heteroatoms. The molecule has 0 bridgehead atoms. The topological polar surface area (TPSA) is 54.4 Å². The molecule has 1 N–H and O–H groups in total. The van der Waals surface area contributed by atoms with Crippen LogP contribution in [0.1, 0.15) is 27.6 Å². The summed E-state index contributed by atoms with van der Waals surface area (Å²) < 4.78 is 0. The van der Waals surface area contributed by atoms with Crippen molar-refractivity contribution in [3.05, 3.63) is 41.0 Å². The fourth-order valence-corrected chi connectivity index (χ4v) is 1.49. The summed E-state index contributed by atoms with van der Waals surface area (Å²) in [7, 11) is 0. The van der Waals surface area contributed by atoms with Crippen LogP contribution in [-0.2, 0) is 0 Å². The van der Waals surface area contributed by atoms with Crippen molar-refractivity contribution in [2.24, 2.45) is 0 Å². The van der Waals surface area contributed by atoms with E-state index in [-0.39, 0.29) is 22.9 Å². The van der Waals surface area contributed by atoms with E-state index in [4.69, 9.17) is 0 Å². The predicted molar refractivity (Wildman–Crippen MR) is 50.5 cm³/mol. The number of carbonyl (C=O) groups excluding carboxylic acids is 2. The van der Waals surface area contributed by atoms with Gasteiger partial charge in [0.15, 0.2) is 11.6 Å². The van der Waals surface area contributed by atoms with Crippen molar-refractivity contribution in [3.63, 3.8) is 0 Å². The average Bonchev–Trinajstić information content (AvgIpc) is 2.14. The first-order chi connectivity index (χ1) is 6.59. The molecule has 0 unspecified atom stereocenters. The van der Waals surface area contributed by atoms with Gasteiger partial charge < -0.3 is 5.11 Å². The highest BCUT2D eigenvalue weighted by atomic mass is 16.3. The molecule has 0 amide bonds. The quantitative estimate of drug-likeness (QED) is 0.674. The lowest BCUT2D eigenvalue weighted by molar-refractivity contribution is 0.0984. The minimum atomic E-state index is -0.199. The number of benzene rings is 1. The van der Waals surface area contributed by atoms with Gasteiger partial charge in [0, 0.05) is 16.7 Å². The SMILES string of the molecule is CC1=CC(=O)c2ccc(O)cc2C1=O. The van der Waals surface area contributed by atoms with E-state index < -0.39 is 0 Å². The Labute approximate surface area is 80.7 Å². The van der Waals surface area contributed by atoms with Gasteiger partial charge in [0.2, 0.25) is 0 Å². The second-order valence-corrected chi connectivity index (χ2v) is 3.25. The lowest BCUT2D eigenvalue weighted by Gasteiger charge is -2.11. The zero-order valence-electron chi connectivity index (χ0n) is 7.57. The number of phenolic OH excluding ortho intramolecular Hbond substituents is 1. The summed E-state index contributed by atoms with van der Waals surface area (Å²) in [6.45, 7) is 1.59. The van der Waals surface area contributed by atoms with Crippen molar-refractivity contribution in [1.82, 2.24) is 0 Å². The third kappa shape index (κ3) is 1.14. The molecule has 14 heavy (non-hydrogen) atoms. The minimum absolute atomic E-state index is 0.000370. The second kappa shape index (κ2) is 2.80. The van der Waals surface area contributed by atoms with Crippen LogP contribution in [0.4, 0.5) is 0 Å². The van der Waals surface area contributed by atoms with Gasteiger partial charge >= 0.3 is 0 Å². The lowest BCUT2D eigenvalue weighted by atomic mass is 9.90. The van der Waals surface area contributed by atoms with Crippen molar-refractivity contribution in [3.8, 4) is 5.75 Å². The summed E-state index contributed by atoms with van der Waals surface area (Å²) in [5.41, 5.74) is 1.06. The van der Waals surface area contributed by atoms with Crippen LogP contribution in [0.3, 0.4) is 0 Å². The summed E-state index contributed by atoms with van der Waals surface area (Å²) >= 11 is 0. The molecule has 0 saturated carbocycles. The van der Waals surface area contributed by atoms with Crippen LogP contribution in [0.5, 0.6) is 5.75 Å². The van der Waals surface area contributed by atoms with Crippen LogP contribution < -0.4 is 0 Å². The van der Waals surface area contributed by atoms with E-state index in [0.29, 0.717) is 11.1 Å². The Balaban J connectivity index is 2.69. The van der Waals surface area contributed by atoms with Crippen molar-refractivity contribution >= 4 is 11.6 Å². The molecule has 0 aromatic heterocycles. The van der Waals surface area contributed by atoms with E-state index in [1.54, 1.807) is 6.92 Å². The Kier molecular flexibility index (Phi) is 1.74. The monoisotopic (exact) mass is 188 g/mol. The zero-order chi connectivity index (χ0) is 10.3. The van der Waals surface area contributed by atoms with E-state index in [1.807, 2.05) is 0 Å². The maximum Gasteiger partial charge on any atom is 0.189 e. The predicted octanol–water partition coefficient (Wildman–Crippen LogP) is 1.72. The van der Waals surface area contributed by atoms with Crippen LogP contribution in [0.25, 0.3) is 0 Å². The Bertz CT molecular complexity index is 469. The van der Waals surface area contributed by atoms with E-state index in [2.05, 4.69) is 0 Å². The van der Waals surface area contributed by atoms with Crippen molar-refractivity contribution in [2.75, 3.05) is 0 Å². The first kappa shape index (κ1) is 8.69. The average molecular weight is 188 g/mol. The summed E-state index contributed by atoms with van der Waals surface area (Å²) in [6.07, 6.45) is 1.32. The van der Waals surface area contributed by atoms with Gasteiger partial charge in [-0.25, -0.2) is 0 Å². The molecule has 1 aliphatic carbocycles. The summed E-state index contributed by atoms with van der Waals surface area (Å²) in [4.78, 5) is 23.0. The molecule has 0 spiro atoms. The van der Waals surface area contributed by atoms with E-state index in [9.17, 15) is 14.7 Å².